The molecule has 1 saturated heterocycles. The van der Waals surface area contributed by atoms with E-state index >= 15 is 0 Å². The van der Waals surface area contributed by atoms with E-state index in [4.69, 9.17) is 0 Å². The van der Waals surface area contributed by atoms with Crippen molar-refractivity contribution in [2.24, 2.45) is 4.99 Å². The van der Waals surface area contributed by atoms with Crippen LogP contribution in [0.15, 0.2) is 64.5 Å². The second-order valence-corrected chi connectivity index (χ2v) is 10.3. The van der Waals surface area contributed by atoms with Gasteiger partial charge in [-0.3, -0.25) is 9.89 Å². The second-order valence-electron chi connectivity index (χ2n) is 8.16. The predicted octanol–water partition coefficient (Wildman–Crippen LogP) is 2.88. The largest absolute Gasteiger partial charge is 0.352 e. The van der Waals surface area contributed by atoms with E-state index in [1.807, 2.05) is 18.2 Å². The fourth-order valence-corrected chi connectivity index (χ4v) is 5.02. The van der Waals surface area contributed by atoms with Crippen LogP contribution in [-0.2, 0) is 23.1 Å². The van der Waals surface area contributed by atoms with Gasteiger partial charge < -0.3 is 10.6 Å². The number of hydrogen-bond donors (Lipinski definition) is 2. The minimum Gasteiger partial charge on any atom is -0.352 e. The van der Waals surface area contributed by atoms with Gasteiger partial charge in [-0.2, -0.15) is 0 Å². The fraction of sp³-hybridized carbons (Fsp3) is 0.435. The van der Waals surface area contributed by atoms with Crippen molar-refractivity contribution < 1.29 is 8.42 Å². The van der Waals surface area contributed by atoms with Crippen molar-refractivity contribution in [3.8, 4) is 0 Å². The summed E-state index contributed by atoms with van der Waals surface area (Å²) in [5.41, 5.74) is 2.03. The summed E-state index contributed by atoms with van der Waals surface area (Å²) in [7, 11) is 1.32. The summed E-state index contributed by atoms with van der Waals surface area (Å²) in [6.07, 6.45) is 1.03. The average Bonchev–Trinajstić information content (AvgIpc) is 3.10. The maximum Gasteiger partial charge on any atom is 0.242 e. The summed E-state index contributed by atoms with van der Waals surface area (Å²) in [6, 6.07) is 18.3. The number of hydrogen-bond acceptors (Lipinski definition) is 4. The van der Waals surface area contributed by atoms with Gasteiger partial charge in [0.2, 0.25) is 10.0 Å². The van der Waals surface area contributed by atoms with Gasteiger partial charge in [0.25, 0.3) is 0 Å². The van der Waals surface area contributed by atoms with E-state index in [0.717, 1.165) is 19.5 Å². The first-order valence-corrected chi connectivity index (χ1v) is 12.0. The highest BCUT2D eigenvalue weighted by atomic mass is 127. The van der Waals surface area contributed by atoms with Gasteiger partial charge in [-0.05, 0) is 30.5 Å². The molecule has 0 radical (unpaired) electrons. The minimum atomic E-state index is -3.50. The number of guanidine groups is 1. The zero-order valence-electron chi connectivity index (χ0n) is 19.2. The molecule has 1 aliphatic heterocycles. The third-order valence-corrected chi connectivity index (χ3v) is 7.59. The van der Waals surface area contributed by atoms with Crippen molar-refractivity contribution in [3.63, 3.8) is 0 Å². The van der Waals surface area contributed by atoms with Gasteiger partial charge in [0.15, 0.2) is 5.96 Å². The lowest BCUT2D eigenvalue weighted by atomic mass is 10.2. The van der Waals surface area contributed by atoms with Gasteiger partial charge in [-0.1, -0.05) is 48.5 Å². The third kappa shape index (κ3) is 6.66. The highest BCUT2D eigenvalue weighted by Crippen LogP contribution is 2.21. The zero-order valence-corrected chi connectivity index (χ0v) is 22.3. The molecule has 1 fully saturated rings. The SMILES string of the molecule is CN=C(NCc1ccccc1S(=O)(=O)N(C)C)NC1CC(C)N(Cc2ccccc2)C1.I. The molecule has 0 bridgehead atoms. The molecule has 32 heavy (non-hydrogen) atoms. The molecule has 0 saturated carbocycles. The molecule has 2 atom stereocenters. The molecule has 2 aromatic rings. The third-order valence-electron chi connectivity index (χ3n) is 5.67. The van der Waals surface area contributed by atoms with Gasteiger partial charge in [0.1, 0.15) is 0 Å². The van der Waals surface area contributed by atoms with E-state index in [0.29, 0.717) is 29.0 Å². The van der Waals surface area contributed by atoms with Crippen molar-refractivity contribution in [3.05, 3.63) is 65.7 Å². The lowest BCUT2D eigenvalue weighted by Gasteiger charge is -2.21. The van der Waals surface area contributed by atoms with Gasteiger partial charge in [0.05, 0.1) is 4.90 Å². The first-order valence-electron chi connectivity index (χ1n) is 10.6. The molecular formula is C23H34IN5O2S. The number of benzene rings is 2. The Kier molecular flexibility index (Phi) is 9.93. The molecule has 0 amide bonds. The van der Waals surface area contributed by atoms with Crippen molar-refractivity contribution >= 4 is 40.0 Å². The van der Waals surface area contributed by atoms with E-state index in [1.165, 1.54) is 9.87 Å². The smallest absolute Gasteiger partial charge is 0.242 e. The number of aliphatic imine (C=N–C) groups is 1. The van der Waals surface area contributed by atoms with E-state index in [-0.39, 0.29) is 30.0 Å². The maximum atomic E-state index is 12.6. The predicted molar refractivity (Wildman–Crippen MR) is 141 cm³/mol. The molecule has 1 heterocycles. The van der Waals surface area contributed by atoms with Gasteiger partial charge in [-0.15, -0.1) is 24.0 Å². The molecule has 176 valence electrons. The highest BCUT2D eigenvalue weighted by Gasteiger charge is 2.29. The van der Waals surface area contributed by atoms with Crippen LogP contribution in [0.1, 0.15) is 24.5 Å². The Morgan fingerprint density at radius 2 is 1.78 bits per heavy atom. The number of sulfonamides is 1. The summed E-state index contributed by atoms with van der Waals surface area (Å²) in [6.45, 7) is 4.49. The molecule has 2 N–H and O–H groups in total. The van der Waals surface area contributed by atoms with E-state index < -0.39 is 10.0 Å². The molecule has 1 aliphatic rings. The van der Waals surface area contributed by atoms with E-state index in [9.17, 15) is 8.42 Å². The number of nitrogens with zero attached hydrogens (tertiary/aromatic N) is 3. The summed E-state index contributed by atoms with van der Waals surface area (Å²) in [5.74, 6) is 0.677. The Balaban J connectivity index is 0.00000363. The molecule has 7 nitrogen and oxygen atoms in total. The summed E-state index contributed by atoms with van der Waals surface area (Å²) >= 11 is 0. The highest BCUT2D eigenvalue weighted by molar-refractivity contribution is 14.0. The van der Waals surface area contributed by atoms with E-state index in [2.05, 4.69) is 51.7 Å². The molecule has 0 aromatic heterocycles. The Hall–Kier alpha value is -1.69. The minimum absolute atomic E-state index is 0. The van der Waals surface area contributed by atoms with Crippen molar-refractivity contribution in [1.82, 2.24) is 19.8 Å². The van der Waals surface area contributed by atoms with Crippen LogP contribution >= 0.6 is 24.0 Å². The van der Waals surface area contributed by atoms with Crippen molar-refractivity contribution in [2.75, 3.05) is 27.7 Å². The summed E-state index contributed by atoms with van der Waals surface area (Å²) in [4.78, 5) is 7.13. The second kappa shape index (κ2) is 12.0. The van der Waals surface area contributed by atoms with E-state index in [1.54, 1.807) is 33.3 Å². The normalized spacial score (nSPS) is 19.6. The summed E-state index contributed by atoms with van der Waals surface area (Å²) in [5, 5.41) is 6.78. The summed E-state index contributed by atoms with van der Waals surface area (Å²) < 4.78 is 26.5. The molecule has 2 unspecified atom stereocenters. The lowest BCUT2D eigenvalue weighted by Crippen LogP contribution is -2.44. The van der Waals surface area contributed by atoms with Crippen LogP contribution < -0.4 is 10.6 Å². The Bertz CT molecular complexity index is 998. The Labute approximate surface area is 209 Å². The monoisotopic (exact) mass is 571 g/mol. The van der Waals surface area contributed by atoms with Gasteiger partial charge >= 0.3 is 0 Å². The van der Waals surface area contributed by atoms with Crippen LogP contribution in [0.4, 0.5) is 0 Å². The molecule has 3 rings (SSSR count). The quantitative estimate of drug-likeness (QED) is 0.304. The topological polar surface area (TPSA) is 77.0 Å². The van der Waals surface area contributed by atoms with Crippen LogP contribution in [0, 0.1) is 0 Å². The standard InChI is InChI=1S/C23H33N5O2S.HI/c1-18-14-21(17-28(18)16-19-10-6-5-7-11-19)26-23(24-2)25-15-20-12-8-9-13-22(20)31(29,30)27(3)4;/h5-13,18,21H,14-17H2,1-4H3,(H2,24,25,26);1H. The van der Waals surface area contributed by atoms with Crippen molar-refractivity contribution in [2.45, 2.75) is 43.4 Å². The number of likely N-dealkylation sites (tertiary alicyclic amines) is 1. The zero-order chi connectivity index (χ0) is 22.4. The fourth-order valence-electron chi connectivity index (χ4n) is 3.91. The number of nitrogens with one attached hydrogen (secondary N) is 2. The molecule has 0 spiro atoms. The maximum absolute atomic E-state index is 12.6. The lowest BCUT2D eigenvalue weighted by molar-refractivity contribution is 0.258. The van der Waals surface area contributed by atoms with Crippen LogP contribution in [0.5, 0.6) is 0 Å². The number of halogens is 1. The van der Waals surface area contributed by atoms with Crippen molar-refractivity contribution in [1.29, 1.82) is 0 Å². The molecular weight excluding hydrogens is 537 g/mol. The Morgan fingerprint density at radius 3 is 2.44 bits per heavy atom. The van der Waals surface area contributed by atoms with Crippen LogP contribution in [0.2, 0.25) is 0 Å². The molecule has 2 aromatic carbocycles. The van der Waals surface area contributed by atoms with Crippen LogP contribution in [0.3, 0.4) is 0 Å². The first-order chi connectivity index (χ1) is 14.8. The first kappa shape index (κ1) is 26.6. The van der Waals surface area contributed by atoms with Gasteiger partial charge in [0, 0.05) is 52.9 Å². The van der Waals surface area contributed by atoms with Crippen LogP contribution in [-0.4, -0.2) is 63.4 Å². The number of rotatable bonds is 7. The molecule has 0 aliphatic carbocycles. The average molecular weight is 572 g/mol. The van der Waals surface area contributed by atoms with Crippen LogP contribution in [0.25, 0.3) is 0 Å². The Morgan fingerprint density at radius 1 is 1.12 bits per heavy atom. The van der Waals surface area contributed by atoms with Gasteiger partial charge in [-0.25, -0.2) is 12.7 Å². The molecule has 9 heteroatoms.